The number of nitrogens with one attached hydrogen (secondary N) is 1. The van der Waals surface area contributed by atoms with Gasteiger partial charge in [-0.25, -0.2) is 4.79 Å². The third-order valence-electron chi connectivity index (χ3n) is 4.16. The minimum absolute atomic E-state index is 0.00972. The fraction of sp³-hybridized carbons (Fsp3) is 0.538. The normalized spacial score (nSPS) is 27.7. The summed E-state index contributed by atoms with van der Waals surface area (Å²) in [6.45, 7) is 1.68. The first-order valence-electron chi connectivity index (χ1n) is 6.24. The molecule has 2 N–H and O–H groups in total. The quantitative estimate of drug-likeness (QED) is 0.778. The second kappa shape index (κ2) is 3.95. The number of Topliss-reactive ketones (excluding diaryl/α,β-unsaturated/α-hetero) is 1. The van der Waals surface area contributed by atoms with E-state index in [1.54, 1.807) is 0 Å². The lowest BCUT2D eigenvalue weighted by Gasteiger charge is -2.12. The van der Waals surface area contributed by atoms with Crippen LogP contribution in [-0.2, 0) is 6.42 Å². The Hall–Kier alpha value is -1.62. The van der Waals surface area contributed by atoms with Gasteiger partial charge in [-0.3, -0.25) is 4.79 Å². The molecule has 0 saturated carbocycles. The summed E-state index contributed by atoms with van der Waals surface area (Å²) in [5.74, 6) is -0.684. The molecule has 0 amide bonds. The van der Waals surface area contributed by atoms with Crippen LogP contribution in [0.4, 0.5) is 0 Å². The van der Waals surface area contributed by atoms with E-state index in [0.717, 1.165) is 31.6 Å². The summed E-state index contributed by atoms with van der Waals surface area (Å²) in [6.07, 6.45) is 3.17. The van der Waals surface area contributed by atoms with Crippen molar-refractivity contribution >= 4 is 11.8 Å². The molecule has 0 spiro atoms. The van der Waals surface area contributed by atoms with Crippen LogP contribution in [-0.4, -0.2) is 46.9 Å². The molecule has 0 radical (unpaired) electrons. The van der Waals surface area contributed by atoms with Crippen molar-refractivity contribution in [1.82, 2.24) is 9.88 Å². The first-order valence-corrected chi connectivity index (χ1v) is 6.24. The molecule has 3 rings (SSSR count). The summed E-state index contributed by atoms with van der Waals surface area (Å²) >= 11 is 0. The number of aromatic carboxylic acids is 1. The van der Waals surface area contributed by atoms with Gasteiger partial charge in [-0.05, 0) is 25.8 Å². The molecule has 1 fully saturated rings. The van der Waals surface area contributed by atoms with Crippen molar-refractivity contribution in [3.63, 3.8) is 0 Å². The first-order chi connectivity index (χ1) is 8.58. The molecule has 2 unspecified atom stereocenters. The fourth-order valence-electron chi connectivity index (χ4n) is 3.31. The maximum Gasteiger partial charge on any atom is 0.337 e. The Morgan fingerprint density at radius 1 is 1.50 bits per heavy atom. The number of aromatic nitrogens is 1. The Balaban J connectivity index is 2.04. The standard InChI is InChI=1S/C13H16N2O3/c1-15-5-7-2-3-10-11(12(16)9(7)6-15)8(4-14-10)13(17)18/h4,7,9,14H,2-3,5-6H2,1H3,(H,17,18). The van der Waals surface area contributed by atoms with E-state index in [1.807, 2.05) is 7.05 Å². The minimum Gasteiger partial charge on any atom is -0.478 e. The zero-order valence-corrected chi connectivity index (χ0v) is 10.3. The van der Waals surface area contributed by atoms with Crippen molar-refractivity contribution in [2.24, 2.45) is 11.8 Å². The van der Waals surface area contributed by atoms with Gasteiger partial charge in [0.25, 0.3) is 0 Å². The average Bonchev–Trinajstić information content (AvgIpc) is 2.86. The van der Waals surface area contributed by atoms with E-state index in [0.29, 0.717) is 11.5 Å². The molecule has 18 heavy (non-hydrogen) atoms. The second-order valence-corrected chi connectivity index (χ2v) is 5.35. The number of carboxylic acids is 1. The maximum atomic E-state index is 12.5. The molecular formula is C13H16N2O3. The number of carbonyl (C=O) groups is 2. The van der Waals surface area contributed by atoms with Crippen molar-refractivity contribution in [1.29, 1.82) is 0 Å². The lowest BCUT2D eigenvalue weighted by atomic mass is 9.88. The molecule has 2 atom stereocenters. The molecule has 2 heterocycles. The van der Waals surface area contributed by atoms with Gasteiger partial charge in [0.1, 0.15) is 0 Å². The molecule has 96 valence electrons. The molecule has 1 aromatic rings. The van der Waals surface area contributed by atoms with Gasteiger partial charge < -0.3 is 15.0 Å². The smallest absolute Gasteiger partial charge is 0.337 e. The molecule has 5 nitrogen and oxygen atoms in total. The number of carboxylic acid groups (broad SMARTS) is 1. The highest BCUT2D eigenvalue weighted by atomic mass is 16.4. The van der Waals surface area contributed by atoms with E-state index >= 15 is 0 Å². The lowest BCUT2D eigenvalue weighted by Crippen LogP contribution is -2.23. The van der Waals surface area contributed by atoms with Crippen LogP contribution in [0.3, 0.4) is 0 Å². The van der Waals surface area contributed by atoms with Crippen LogP contribution >= 0.6 is 0 Å². The van der Waals surface area contributed by atoms with Crippen LogP contribution in [0.25, 0.3) is 0 Å². The molecule has 0 bridgehead atoms. The first kappa shape index (κ1) is 11.5. The van der Waals surface area contributed by atoms with Gasteiger partial charge in [-0.2, -0.15) is 0 Å². The molecular weight excluding hydrogens is 232 g/mol. The fourth-order valence-corrected chi connectivity index (χ4v) is 3.31. The number of carbonyl (C=O) groups excluding carboxylic acids is 1. The van der Waals surface area contributed by atoms with Gasteiger partial charge in [-0.15, -0.1) is 0 Å². The van der Waals surface area contributed by atoms with Crippen LogP contribution in [0.5, 0.6) is 0 Å². The molecule has 5 heteroatoms. The van der Waals surface area contributed by atoms with Crippen molar-refractivity contribution in [2.45, 2.75) is 12.8 Å². The van der Waals surface area contributed by atoms with Crippen molar-refractivity contribution in [3.05, 3.63) is 23.0 Å². The number of hydrogen-bond acceptors (Lipinski definition) is 3. The van der Waals surface area contributed by atoms with E-state index in [4.69, 9.17) is 5.11 Å². The largest absolute Gasteiger partial charge is 0.478 e. The van der Waals surface area contributed by atoms with Crippen molar-refractivity contribution in [3.8, 4) is 0 Å². The van der Waals surface area contributed by atoms with E-state index in [-0.39, 0.29) is 17.3 Å². The molecule has 1 aromatic heterocycles. The number of nitrogens with zero attached hydrogens (tertiary/aromatic N) is 1. The van der Waals surface area contributed by atoms with E-state index in [9.17, 15) is 9.59 Å². The van der Waals surface area contributed by atoms with Gasteiger partial charge in [-0.1, -0.05) is 0 Å². The number of aryl methyl sites for hydroxylation is 1. The van der Waals surface area contributed by atoms with Crippen molar-refractivity contribution < 1.29 is 14.7 Å². The number of likely N-dealkylation sites (tertiary alicyclic amines) is 1. The van der Waals surface area contributed by atoms with Crippen molar-refractivity contribution in [2.75, 3.05) is 20.1 Å². The second-order valence-electron chi connectivity index (χ2n) is 5.35. The Morgan fingerprint density at radius 3 is 3.00 bits per heavy atom. The third-order valence-corrected chi connectivity index (χ3v) is 4.16. The zero-order chi connectivity index (χ0) is 12.9. The summed E-state index contributed by atoms with van der Waals surface area (Å²) in [5, 5.41) is 9.15. The number of ketones is 1. The number of hydrogen-bond donors (Lipinski definition) is 2. The highest BCUT2D eigenvalue weighted by Crippen LogP contribution is 2.35. The van der Waals surface area contributed by atoms with Crippen LogP contribution < -0.4 is 0 Å². The number of rotatable bonds is 1. The Labute approximate surface area is 105 Å². The summed E-state index contributed by atoms with van der Waals surface area (Å²) in [6, 6.07) is 0. The molecule has 1 aliphatic carbocycles. The van der Waals surface area contributed by atoms with Crippen LogP contribution in [0.2, 0.25) is 0 Å². The predicted molar refractivity (Wildman–Crippen MR) is 64.9 cm³/mol. The number of fused-ring (bicyclic) bond motifs is 2. The molecule has 0 aromatic carbocycles. The molecule has 1 saturated heterocycles. The number of H-pyrrole nitrogens is 1. The molecule has 2 aliphatic rings. The van der Waals surface area contributed by atoms with Gasteiger partial charge in [0.05, 0.1) is 11.1 Å². The van der Waals surface area contributed by atoms with Crippen LogP contribution in [0.15, 0.2) is 6.20 Å². The summed E-state index contributed by atoms with van der Waals surface area (Å²) in [7, 11) is 2.01. The topological polar surface area (TPSA) is 73.4 Å². The van der Waals surface area contributed by atoms with Crippen LogP contribution in [0.1, 0.15) is 32.8 Å². The number of aromatic amines is 1. The SMILES string of the molecule is CN1CC2CCc3[nH]cc(C(=O)O)c3C(=O)C2C1. The maximum absolute atomic E-state index is 12.5. The van der Waals surface area contributed by atoms with E-state index < -0.39 is 5.97 Å². The highest BCUT2D eigenvalue weighted by molar-refractivity contribution is 6.08. The molecule has 1 aliphatic heterocycles. The Kier molecular flexibility index (Phi) is 2.52. The predicted octanol–water partition coefficient (Wildman–Crippen LogP) is 1.02. The minimum atomic E-state index is -1.02. The summed E-state index contributed by atoms with van der Waals surface area (Å²) < 4.78 is 0. The van der Waals surface area contributed by atoms with E-state index in [1.165, 1.54) is 6.20 Å². The summed E-state index contributed by atoms with van der Waals surface area (Å²) in [5.41, 5.74) is 1.35. The lowest BCUT2D eigenvalue weighted by molar-refractivity contribution is 0.0690. The van der Waals surface area contributed by atoms with Gasteiger partial charge in [0.15, 0.2) is 5.78 Å². The average molecular weight is 248 g/mol. The zero-order valence-electron chi connectivity index (χ0n) is 10.3. The highest BCUT2D eigenvalue weighted by Gasteiger charge is 2.40. The Morgan fingerprint density at radius 2 is 2.28 bits per heavy atom. The summed E-state index contributed by atoms with van der Waals surface area (Å²) in [4.78, 5) is 28.8. The van der Waals surface area contributed by atoms with Gasteiger partial charge >= 0.3 is 5.97 Å². The third kappa shape index (κ3) is 1.58. The monoisotopic (exact) mass is 248 g/mol. The van der Waals surface area contributed by atoms with Gasteiger partial charge in [0.2, 0.25) is 0 Å². The van der Waals surface area contributed by atoms with Gasteiger partial charge in [0, 0.05) is 30.9 Å². The van der Waals surface area contributed by atoms with E-state index in [2.05, 4.69) is 9.88 Å². The Bertz CT molecular complexity index is 520. The van der Waals surface area contributed by atoms with Crippen LogP contribution in [0, 0.1) is 11.8 Å².